The van der Waals surface area contributed by atoms with Gasteiger partial charge in [-0.25, -0.2) is 4.98 Å². The Morgan fingerprint density at radius 3 is 2.89 bits per heavy atom. The fourth-order valence-electron chi connectivity index (χ4n) is 4.55. The van der Waals surface area contributed by atoms with Gasteiger partial charge in [-0.2, -0.15) is 0 Å². The van der Waals surface area contributed by atoms with Gasteiger partial charge in [0.05, 0.1) is 18.1 Å². The number of carbonyl (C=O) groups excluding carboxylic acids is 1. The summed E-state index contributed by atoms with van der Waals surface area (Å²) in [6, 6.07) is 15.4. The van der Waals surface area contributed by atoms with Gasteiger partial charge < -0.3 is 9.47 Å². The Balaban J connectivity index is 1.40. The van der Waals surface area contributed by atoms with Crippen LogP contribution in [0.15, 0.2) is 55.0 Å². The maximum Gasteiger partial charge on any atom is 0.222 e. The van der Waals surface area contributed by atoms with Crippen LogP contribution in [-0.4, -0.2) is 44.9 Å². The molecule has 5 heteroatoms. The lowest BCUT2D eigenvalue weighted by atomic mass is 10.0. The summed E-state index contributed by atoms with van der Waals surface area (Å²) in [4.78, 5) is 21.0. The van der Waals surface area contributed by atoms with Gasteiger partial charge in [-0.05, 0) is 22.8 Å². The molecule has 0 unspecified atom stereocenters. The van der Waals surface area contributed by atoms with E-state index >= 15 is 0 Å². The standard InChI is InChI=1S/C22H24N4O/c27-22-9-4-10-25(22)15-20-14-24(13-19-11-23-16-26(19)20)12-18-7-3-6-17-5-1-2-8-21(17)18/h1-3,5-8,11,16,20H,4,9-10,12-15H2/t20-/m1/s1. The van der Waals surface area contributed by atoms with Crippen molar-refractivity contribution in [1.82, 2.24) is 19.4 Å². The van der Waals surface area contributed by atoms with Crippen LogP contribution >= 0.6 is 0 Å². The maximum atomic E-state index is 12.1. The van der Waals surface area contributed by atoms with Crippen molar-refractivity contribution in [2.45, 2.75) is 32.0 Å². The van der Waals surface area contributed by atoms with Gasteiger partial charge >= 0.3 is 0 Å². The van der Waals surface area contributed by atoms with Crippen LogP contribution < -0.4 is 0 Å². The summed E-state index contributed by atoms with van der Waals surface area (Å²) in [7, 11) is 0. The van der Waals surface area contributed by atoms with Crippen LogP contribution in [0.4, 0.5) is 0 Å². The first-order chi connectivity index (χ1) is 13.3. The minimum absolute atomic E-state index is 0.272. The summed E-state index contributed by atoms with van der Waals surface area (Å²) in [5, 5.41) is 2.61. The topological polar surface area (TPSA) is 41.4 Å². The second-order valence-corrected chi connectivity index (χ2v) is 7.70. The van der Waals surface area contributed by atoms with E-state index in [-0.39, 0.29) is 6.04 Å². The van der Waals surface area contributed by atoms with Crippen LogP contribution in [-0.2, 0) is 17.9 Å². The number of fused-ring (bicyclic) bond motifs is 2. The molecule has 0 aliphatic carbocycles. The smallest absolute Gasteiger partial charge is 0.222 e. The highest BCUT2D eigenvalue weighted by Crippen LogP contribution is 2.27. The van der Waals surface area contributed by atoms with Crippen molar-refractivity contribution in [3.63, 3.8) is 0 Å². The van der Waals surface area contributed by atoms with Crippen LogP contribution in [0.3, 0.4) is 0 Å². The van der Waals surface area contributed by atoms with Gasteiger partial charge in [0.1, 0.15) is 0 Å². The summed E-state index contributed by atoms with van der Waals surface area (Å²) in [5.74, 6) is 0.294. The van der Waals surface area contributed by atoms with Crippen molar-refractivity contribution in [2.24, 2.45) is 0 Å². The van der Waals surface area contributed by atoms with Crippen molar-refractivity contribution in [1.29, 1.82) is 0 Å². The van der Waals surface area contributed by atoms with Crippen molar-refractivity contribution < 1.29 is 4.79 Å². The van der Waals surface area contributed by atoms with Crippen molar-refractivity contribution >= 4 is 16.7 Å². The average molecular weight is 360 g/mol. The Bertz CT molecular complexity index is 974. The van der Waals surface area contributed by atoms with E-state index in [1.165, 1.54) is 22.0 Å². The van der Waals surface area contributed by atoms with Crippen molar-refractivity contribution in [2.75, 3.05) is 19.6 Å². The number of amides is 1. The maximum absolute atomic E-state index is 12.1. The zero-order valence-corrected chi connectivity index (χ0v) is 15.4. The predicted octanol–water partition coefficient (Wildman–Crippen LogP) is 3.22. The van der Waals surface area contributed by atoms with Crippen molar-refractivity contribution in [3.8, 4) is 0 Å². The minimum atomic E-state index is 0.272. The SMILES string of the molecule is O=C1CCCN1C[C@H]1CN(Cc2cccc3ccccc23)Cc2cncn21. The first kappa shape index (κ1) is 16.5. The van der Waals surface area contributed by atoms with E-state index in [2.05, 4.69) is 56.9 Å². The average Bonchev–Trinajstić information content (AvgIpc) is 3.31. The normalized spacial score (nSPS) is 20.4. The highest BCUT2D eigenvalue weighted by molar-refractivity contribution is 5.85. The molecule has 1 fully saturated rings. The van der Waals surface area contributed by atoms with E-state index in [0.717, 1.165) is 39.1 Å². The quantitative estimate of drug-likeness (QED) is 0.717. The molecule has 1 atom stereocenters. The van der Waals surface area contributed by atoms with Crippen LogP contribution in [0.5, 0.6) is 0 Å². The van der Waals surface area contributed by atoms with E-state index in [1.807, 2.05) is 17.4 Å². The number of benzene rings is 2. The van der Waals surface area contributed by atoms with Crippen LogP contribution in [0.25, 0.3) is 10.8 Å². The zero-order valence-electron chi connectivity index (χ0n) is 15.4. The molecule has 0 spiro atoms. The number of nitrogens with zero attached hydrogens (tertiary/aromatic N) is 4. The minimum Gasteiger partial charge on any atom is -0.341 e. The Hall–Kier alpha value is -2.66. The molecule has 0 N–H and O–H groups in total. The third-order valence-corrected chi connectivity index (χ3v) is 5.87. The Kier molecular flexibility index (Phi) is 4.17. The van der Waals surface area contributed by atoms with Gasteiger partial charge in [0, 0.05) is 45.3 Å². The number of hydrogen-bond acceptors (Lipinski definition) is 3. The number of hydrogen-bond donors (Lipinski definition) is 0. The lowest BCUT2D eigenvalue weighted by Crippen LogP contribution is -2.42. The molecule has 0 saturated carbocycles. The van der Waals surface area contributed by atoms with Crippen molar-refractivity contribution in [3.05, 3.63) is 66.2 Å². The van der Waals surface area contributed by atoms with E-state index in [4.69, 9.17) is 0 Å². The van der Waals surface area contributed by atoms with Crippen LogP contribution in [0, 0.1) is 0 Å². The molecule has 5 rings (SSSR count). The molecule has 2 aromatic carbocycles. The molecule has 27 heavy (non-hydrogen) atoms. The van der Waals surface area contributed by atoms with Gasteiger partial charge in [0.15, 0.2) is 0 Å². The fraction of sp³-hybridized carbons (Fsp3) is 0.364. The van der Waals surface area contributed by atoms with Gasteiger partial charge in [0.2, 0.25) is 5.91 Å². The number of aromatic nitrogens is 2. The molecular formula is C22H24N4O. The molecule has 1 amide bonds. The molecule has 2 aliphatic heterocycles. The summed E-state index contributed by atoms with van der Waals surface area (Å²) >= 11 is 0. The molecule has 3 heterocycles. The van der Waals surface area contributed by atoms with Crippen LogP contribution in [0.1, 0.15) is 30.1 Å². The Labute approximate surface area is 159 Å². The summed E-state index contributed by atoms with van der Waals surface area (Å²) < 4.78 is 2.27. The molecule has 5 nitrogen and oxygen atoms in total. The summed E-state index contributed by atoms with van der Waals surface area (Å²) in [6.45, 7) is 4.43. The van der Waals surface area contributed by atoms with Gasteiger partial charge in [0.25, 0.3) is 0 Å². The molecule has 0 bridgehead atoms. The van der Waals surface area contributed by atoms with Gasteiger partial charge in [-0.1, -0.05) is 42.5 Å². The summed E-state index contributed by atoms with van der Waals surface area (Å²) in [6.07, 6.45) is 5.58. The van der Waals surface area contributed by atoms with E-state index in [0.29, 0.717) is 12.3 Å². The number of imidazole rings is 1. The van der Waals surface area contributed by atoms with Gasteiger partial charge in [-0.3, -0.25) is 9.69 Å². The lowest BCUT2D eigenvalue weighted by Gasteiger charge is -2.36. The zero-order chi connectivity index (χ0) is 18.2. The van der Waals surface area contributed by atoms with Gasteiger partial charge in [-0.15, -0.1) is 0 Å². The highest BCUT2D eigenvalue weighted by atomic mass is 16.2. The largest absolute Gasteiger partial charge is 0.341 e. The second kappa shape index (κ2) is 6.82. The molecule has 0 radical (unpaired) electrons. The molecule has 138 valence electrons. The third-order valence-electron chi connectivity index (χ3n) is 5.87. The van der Waals surface area contributed by atoms with E-state index < -0.39 is 0 Å². The number of rotatable bonds is 4. The summed E-state index contributed by atoms with van der Waals surface area (Å²) in [5.41, 5.74) is 2.59. The molecule has 1 saturated heterocycles. The highest BCUT2D eigenvalue weighted by Gasteiger charge is 2.30. The first-order valence-electron chi connectivity index (χ1n) is 9.75. The predicted molar refractivity (Wildman–Crippen MR) is 105 cm³/mol. The fourth-order valence-corrected chi connectivity index (χ4v) is 4.55. The number of likely N-dealkylation sites (tertiary alicyclic amines) is 1. The van der Waals surface area contributed by atoms with Crippen LogP contribution in [0.2, 0.25) is 0 Å². The molecule has 2 aliphatic rings. The third kappa shape index (κ3) is 3.12. The molecule has 1 aromatic heterocycles. The monoisotopic (exact) mass is 360 g/mol. The lowest BCUT2D eigenvalue weighted by molar-refractivity contribution is -0.128. The van der Waals surface area contributed by atoms with E-state index in [1.54, 1.807) is 0 Å². The first-order valence-corrected chi connectivity index (χ1v) is 9.75. The Morgan fingerprint density at radius 2 is 2.00 bits per heavy atom. The molecule has 3 aromatic rings. The molecular weight excluding hydrogens is 336 g/mol. The van der Waals surface area contributed by atoms with E-state index in [9.17, 15) is 4.79 Å². The number of carbonyl (C=O) groups is 1. The Morgan fingerprint density at radius 1 is 1.11 bits per heavy atom. The second-order valence-electron chi connectivity index (χ2n) is 7.70.